The lowest BCUT2D eigenvalue weighted by Crippen LogP contribution is -2.07. The van der Waals surface area contributed by atoms with Crippen molar-refractivity contribution in [3.63, 3.8) is 0 Å². The molecular formula is C39H24N4O. The number of rotatable bonds is 4. The molecule has 206 valence electrons. The molecule has 0 saturated heterocycles. The molecule has 0 saturated carbocycles. The summed E-state index contributed by atoms with van der Waals surface area (Å²) >= 11 is 0. The molecule has 0 amide bonds. The van der Waals surface area contributed by atoms with Gasteiger partial charge in [0.2, 0.25) is 5.95 Å². The maximum absolute atomic E-state index is 6.64. The third-order valence-electron chi connectivity index (χ3n) is 8.27. The van der Waals surface area contributed by atoms with E-state index in [0.717, 1.165) is 66.0 Å². The number of para-hydroxylation sites is 2. The van der Waals surface area contributed by atoms with Gasteiger partial charge in [-0.05, 0) is 17.7 Å². The second-order valence-corrected chi connectivity index (χ2v) is 10.9. The Bertz CT molecular complexity index is 2420. The Hall–Kier alpha value is -6.07. The first-order chi connectivity index (χ1) is 21.8. The number of benzene rings is 6. The van der Waals surface area contributed by atoms with Crippen LogP contribution in [0.15, 0.2) is 150 Å². The van der Waals surface area contributed by atoms with Crippen LogP contribution in [0.5, 0.6) is 0 Å². The van der Waals surface area contributed by atoms with Gasteiger partial charge in [0.15, 0.2) is 17.2 Å². The second-order valence-electron chi connectivity index (χ2n) is 10.9. The number of aromatic nitrogens is 4. The number of hydrogen-bond donors (Lipinski definition) is 0. The van der Waals surface area contributed by atoms with Crippen molar-refractivity contribution in [2.24, 2.45) is 0 Å². The van der Waals surface area contributed by atoms with Crippen molar-refractivity contribution in [1.82, 2.24) is 19.5 Å². The third kappa shape index (κ3) is 3.76. The molecule has 0 N–H and O–H groups in total. The summed E-state index contributed by atoms with van der Waals surface area (Å²) in [7, 11) is 0. The van der Waals surface area contributed by atoms with Crippen molar-refractivity contribution in [3.8, 4) is 39.9 Å². The maximum atomic E-state index is 6.64. The van der Waals surface area contributed by atoms with Crippen molar-refractivity contribution < 1.29 is 4.42 Å². The van der Waals surface area contributed by atoms with E-state index in [9.17, 15) is 0 Å². The lowest BCUT2D eigenvalue weighted by Gasteiger charge is -2.13. The van der Waals surface area contributed by atoms with Crippen molar-refractivity contribution >= 4 is 43.7 Å². The zero-order valence-electron chi connectivity index (χ0n) is 23.6. The van der Waals surface area contributed by atoms with Crippen LogP contribution in [0.1, 0.15) is 0 Å². The van der Waals surface area contributed by atoms with Crippen LogP contribution in [0.25, 0.3) is 83.6 Å². The summed E-state index contributed by atoms with van der Waals surface area (Å²) < 4.78 is 8.82. The molecule has 0 atom stereocenters. The number of fused-ring (bicyclic) bond motifs is 7. The Labute approximate surface area is 252 Å². The highest BCUT2D eigenvalue weighted by molar-refractivity contribution is 6.23. The molecule has 0 aliphatic rings. The molecule has 44 heavy (non-hydrogen) atoms. The van der Waals surface area contributed by atoms with E-state index in [1.54, 1.807) is 0 Å². The zero-order valence-corrected chi connectivity index (χ0v) is 23.6. The summed E-state index contributed by atoms with van der Waals surface area (Å²) in [5, 5.41) is 4.31. The quantitative estimate of drug-likeness (QED) is 0.213. The summed E-state index contributed by atoms with van der Waals surface area (Å²) in [5.74, 6) is 1.76. The largest absolute Gasteiger partial charge is 0.454 e. The monoisotopic (exact) mass is 564 g/mol. The molecule has 3 heterocycles. The Kier molecular flexibility index (Phi) is 5.43. The second kappa shape index (κ2) is 9.75. The van der Waals surface area contributed by atoms with Gasteiger partial charge in [0.1, 0.15) is 11.1 Å². The summed E-state index contributed by atoms with van der Waals surface area (Å²) in [6, 6.07) is 49.7. The summed E-state index contributed by atoms with van der Waals surface area (Å²) in [6.45, 7) is 0. The van der Waals surface area contributed by atoms with Gasteiger partial charge in [-0.3, -0.25) is 4.57 Å². The Morgan fingerprint density at radius 3 is 1.64 bits per heavy atom. The van der Waals surface area contributed by atoms with E-state index in [0.29, 0.717) is 17.6 Å². The lowest BCUT2D eigenvalue weighted by atomic mass is 10.0. The fourth-order valence-electron chi connectivity index (χ4n) is 6.28. The van der Waals surface area contributed by atoms with Gasteiger partial charge in [0.05, 0.1) is 5.52 Å². The predicted octanol–water partition coefficient (Wildman–Crippen LogP) is 9.87. The normalized spacial score (nSPS) is 11.6. The molecule has 0 bridgehead atoms. The van der Waals surface area contributed by atoms with E-state index in [1.165, 1.54) is 0 Å². The molecular weight excluding hydrogens is 540 g/mol. The SMILES string of the molecule is c1ccc(-c2nc(-c3ccccc3)nc(-n3c4c(-c5ccccc5)cccc4c4ccc5c6ccccc6oc5c43)n2)cc1. The van der Waals surface area contributed by atoms with Crippen molar-refractivity contribution in [1.29, 1.82) is 0 Å². The van der Waals surface area contributed by atoms with Crippen molar-refractivity contribution in [2.45, 2.75) is 0 Å². The molecule has 0 aliphatic heterocycles. The van der Waals surface area contributed by atoms with Crippen LogP contribution in [0.3, 0.4) is 0 Å². The molecule has 6 aromatic carbocycles. The first-order valence-electron chi connectivity index (χ1n) is 14.6. The van der Waals surface area contributed by atoms with Crippen LogP contribution in [-0.4, -0.2) is 19.5 Å². The van der Waals surface area contributed by atoms with E-state index in [1.807, 2.05) is 78.9 Å². The highest BCUT2D eigenvalue weighted by Gasteiger charge is 2.24. The molecule has 5 nitrogen and oxygen atoms in total. The molecule has 0 spiro atoms. The number of hydrogen-bond acceptors (Lipinski definition) is 4. The molecule has 3 aromatic heterocycles. The smallest absolute Gasteiger partial charge is 0.238 e. The minimum absolute atomic E-state index is 0.536. The van der Waals surface area contributed by atoms with Crippen molar-refractivity contribution in [2.75, 3.05) is 0 Å². The molecule has 0 aliphatic carbocycles. The lowest BCUT2D eigenvalue weighted by molar-refractivity contribution is 0.670. The van der Waals surface area contributed by atoms with Crippen LogP contribution in [0, 0.1) is 0 Å². The van der Waals surface area contributed by atoms with Crippen LogP contribution >= 0.6 is 0 Å². The molecule has 0 unspecified atom stereocenters. The minimum Gasteiger partial charge on any atom is -0.454 e. The van der Waals surface area contributed by atoms with E-state index in [4.69, 9.17) is 19.4 Å². The topological polar surface area (TPSA) is 56.7 Å². The molecule has 0 fully saturated rings. The first-order valence-corrected chi connectivity index (χ1v) is 14.6. The highest BCUT2D eigenvalue weighted by atomic mass is 16.3. The third-order valence-corrected chi connectivity index (χ3v) is 8.27. The Balaban J connectivity index is 1.48. The molecule has 9 aromatic rings. The van der Waals surface area contributed by atoms with Gasteiger partial charge in [0, 0.05) is 38.2 Å². The predicted molar refractivity (Wildman–Crippen MR) is 178 cm³/mol. The summed E-state index contributed by atoms with van der Waals surface area (Å²) in [5.41, 5.74) is 7.65. The average Bonchev–Trinajstić information content (AvgIpc) is 3.65. The van der Waals surface area contributed by atoms with Crippen molar-refractivity contribution in [3.05, 3.63) is 146 Å². The van der Waals surface area contributed by atoms with Gasteiger partial charge in [0.25, 0.3) is 0 Å². The first kappa shape index (κ1) is 24.5. The highest BCUT2D eigenvalue weighted by Crippen LogP contribution is 2.42. The number of furan rings is 1. The zero-order chi connectivity index (χ0) is 29.0. The minimum atomic E-state index is 0.536. The fourth-order valence-corrected chi connectivity index (χ4v) is 6.28. The van der Waals surface area contributed by atoms with E-state index in [-0.39, 0.29) is 0 Å². The van der Waals surface area contributed by atoms with Gasteiger partial charge < -0.3 is 4.42 Å². The van der Waals surface area contributed by atoms with Gasteiger partial charge >= 0.3 is 0 Å². The van der Waals surface area contributed by atoms with Gasteiger partial charge in [-0.25, -0.2) is 4.98 Å². The Morgan fingerprint density at radius 1 is 0.409 bits per heavy atom. The van der Waals surface area contributed by atoms with Crippen LogP contribution in [-0.2, 0) is 0 Å². The number of nitrogens with zero attached hydrogens (tertiary/aromatic N) is 4. The van der Waals surface area contributed by atoms with Crippen LogP contribution in [0.2, 0.25) is 0 Å². The Morgan fingerprint density at radius 2 is 0.955 bits per heavy atom. The standard InChI is InChI=1S/C39H24N4O/c1-4-13-25(14-5-1)28-20-12-21-30-31-23-24-32-29-19-10-11-22-33(29)44-36(32)35(31)43(34(28)30)39-41-37(26-15-6-2-7-16-26)40-38(42-39)27-17-8-3-9-18-27/h1-24H. The van der Waals surface area contributed by atoms with Gasteiger partial charge in [-0.2, -0.15) is 9.97 Å². The van der Waals surface area contributed by atoms with Gasteiger partial charge in [-0.15, -0.1) is 0 Å². The van der Waals surface area contributed by atoms with E-state index in [2.05, 4.69) is 71.3 Å². The molecule has 9 rings (SSSR count). The van der Waals surface area contributed by atoms with Crippen LogP contribution < -0.4 is 0 Å². The molecule has 5 heteroatoms. The van der Waals surface area contributed by atoms with Gasteiger partial charge in [-0.1, -0.05) is 133 Å². The fraction of sp³-hybridized carbons (Fsp3) is 0. The maximum Gasteiger partial charge on any atom is 0.238 e. The summed E-state index contributed by atoms with van der Waals surface area (Å²) in [4.78, 5) is 15.3. The molecule has 0 radical (unpaired) electrons. The van der Waals surface area contributed by atoms with E-state index >= 15 is 0 Å². The summed E-state index contributed by atoms with van der Waals surface area (Å²) in [6.07, 6.45) is 0. The van der Waals surface area contributed by atoms with E-state index < -0.39 is 0 Å². The van der Waals surface area contributed by atoms with Crippen LogP contribution in [0.4, 0.5) is 0 Å². The average molecular weight is 565 g/mol.